The van der Waals surface area contributed by atoms with E-state index in [2.05, 4.69) is 15.9 Å². The molecule has 3 aliphatic rings. The Bertz CT molecular complexity index is 787. The standard InChI is InChI=1S/C19H27N3O3S/c1-15(19(23)22-8-6-16-4-2-3-5-18(16)22)20-9-11-21(12-10-20)17-7-13-26(24,25)14-17/h2-5,15,17H,6-14H2,1H3. The number of fused-ring (bicyclic) bond motifs is 1. The molecule has 0 radical (unpaired) electrons. The third kappa shape index (κ3) is 3.40. The first-order valence-electron chi connectivity index (χ1n) is 9.52. The van der Waals surface area contributed by atoms with Crippen LogP contribution in [0.15, 0.2) is 24.3 Å². The predicted molar refractivity (Wildman–Crippen MR) is 102 cm³/mol. The number of hydrogen-bond donors (Lipinski definition) is 0. The Balaban J connectivity index is 1.35. The first-order valence-corrected chi connectivity index (χ1v) is 11.3. The second-order valence-corrected chi connectivity index (χ2v) is 9.90. The van der Waals surface area contributed by atoms with Gasteiger partial charge in [0.05, 0.1) is 17.5 Å². The van der Waals surface area contributed by atoms with Gasteiger partial charge < -0.3 is 4.90 Å². The highest BCUT2D eigenvalue weighted by Gasteiger charge is 2.36. The van der Waals surface area contributed by atoms with Gasteiger partial charge in [-0.3, -0.25) is 14.6 Å². The normalized spacial score (nSPS) is 27.4. The summed E-state index contributed by atoms with van der Waals surface area (Å²) in [5.41, 5.74) is 2.31. The van der Waals surface area contributed by atoms with Crippen LogP contribution in [0.1, 0.15) is 18.9 Å². The maximum absolute atomic E-state index is 13.0. The molecule has 142 valence electrons. The zero-order valence-electron chi connectivity index (χ0n) is 15.3. The molecule has 3 heterocycles. The van der Waals surface area contributed by atoms with Crippen molar-refractivity contribution in [3.05, 3.63) is 29.8 Å². The second kappa shape index (κ2) is 6.94. The van der Waals surface area contributed by atoms with Gasteiger partial charge in [-0.2, -0.15) is 0 Å². The average Bonchev–Trinajstić information content (AvgIpc) is 3.24. The molecule has 3 aliphatic heterocycles. The topological polar surface area (TPSA) is 60.9 Å². The maximum Gasteiger partial charge on any atom is 0.244 e. The van der Waals surface area contributed by atoms with Gasteiger partial charge in [-0.15, -0.1) is 0 Å². The monoisotopic (exact) mass is 377 g/mol. The van der Waals surface area contributed by atoms with Crippen molar-refractivity contribution >= 4 is 21.4 Å². The highest BCUT2D eigenvalue weighted by molar-refractivity contribution is 7.91. The van der Waals surface area contributed by atoms with Crippen LogP contribution >= 0.6 is 0 Å². The summed E-state index contributed by atoms with van der Waals surface area (Å²) in [6, 6.07) is 8.17. The highest BCUT2D eigenvalue weighted by atomic mass is 32.2. The Labute approximate surface area is 155 Å². The largest absolute Gasteiger partial charge is 0.310 e. The Hall–Kier alpha value is -1.44. The van der Waals surface area contributed by atoms with Gasteiger partial charge in [0.15, 0.2) is 9.84 Å². The summed E-state index contributed by atoms with van der Waals surface area (Å²) < 4.78 is 23.4. The molecule has 7 heteroatoms. The molecule has 0 aliphatic carbocycles. The summed E-state index contributed by atoms with van der Waals surface area (Å²) in [5, 5.41) is 0. The van der Waals surface area contributed by atoms with Gasteiger partial charge in [-0.25, -0.2) is 8.42 Å². The van der Waals surface area contributed by atoms with Gasteiger partial charge >= 0.3 is 0 Å². The SMILES string of the molecule is CC(C(=O)N1CCc2ccccc21)N1CCN(C2CCS(=O)(=O)C2)CC1. The van der Waals surface area contributed by atoms with Gasteiger partial charge in [0, 0.05) is 44.5 Å². The molecule has 26 heavy (non-hydrogen) atoms. The summed E-state index contributed by atoms with van der Waals surface area (Å²) in [7, 11) is -2.84. The molecule has 0 bridgehead atoms. The third-order valence-electron chi connectivity index (χ3n) is 6.13. The van der Waals surface area contributed by atoms with Gasteiger partial charge in [-0.05, 0) is 31.4 Å². The van der Waals surface area contributed by atoms with Crippen LogP contribution < -0.4 is 4.90 Å². The van der Waals surface area contributed by atoms with E-state index >= 15 is 0 Å². The van der Waals surface area contributed by atoms with Crippen molar-refractivity contribution in [2.75, 3.05) is 49.1 Å². The van der Waals surface area contributed by atoms with E-state index in [1.54, 1.807) is 0 Å². The van der Waals surface area contributed by atoms with Crippen LogP contribution in [0.5, 0.6) is 0 Å². The van der Waals surface area contributed by atoms with Crippen molar-refractivity contribution in [1.82, 2.24) is 9.80 Å². The number of carbonyl (C=O) groups excluding carboxylic acids is 1. The van der Waals surface area contributed by atoms with Crippen molar-refractivity contribution in [2.24, 2.45) is 0 Å². The summed E-state index contributed by atoms with van der Waals surface area (Å²) in [5.74, 6) is 0.791. The van der Waals surface area contributed by atoms with Crippen LogP contribution in [0.3, 0.4) is 0 Å². The minimum Gasteiger partial charge on any atom is -0.310 e. The van der Waals surface area contributed by atoms with Crippen LogP contribution in [0.2, 0.25) is 0 Å². The van der Waals surface area contributed by atoms with Crippen LogP contribution in [-0.2, 0) is 21.1 Å². The van der Waals surface area contributed by atoms with Crippen molar-refractivity contribution in [3.8, 4) is 0 Å². The third-order valence-corrected chi connectivity index (χ3v) is 7.88. The zero-order chi connectivity index (χ0) is 18.3. The second-order valence-electron chi connectivity index (χ2n) is 7.67. The number of rotatable bonds is 3. The van der Waals surface area contributed by atoms with E-state index in [0.29, 0.717) is 11.5 Å². The first-order chi connectivity index (χ1) is 12.4. The van der Waals surface area contributed by atoms with E-state index in [0.717, 1.165) is 51.3 Å². The van der Waals surface area contributed by atoms with E-state index in [1.165, 1.54) is 5.56 Å². The van der Waals surface area contributed by atoms with Gasteiger partial charge in [0.25, 0.3) is 0 Å². The lowest BCUT2D eigenvalue weighted by Crippen LogP contribution is -2.56. The highest BCUT2D eigenvalue weighted by Crippen LogP contribution is 2.29. The Morgan fingerprint density at radius 1 is 1.12 bits per heavy atom. The molecule has 2 fully saturated rings. The van der Waals surface area contributed by atoms with Crippen LogP contribution in [-0.4, -0.2) is 80.4 Å². The summed E-state index contributed by atoms with van der Waals surface area (Å²) in [6.45, 7) is 6.09. The molecule has 2 unspecified atom stereocenters. The molecular formula is C19H27N3O3S. The Kier molecular flexibility index (Phi) is 4.79. The van der Waals surface area contributed by atoms with Crippen molar-refractivity contribution < 1.29 is 13.2 Å². The number of piperazine rings is 1. The Morgan fingerprint density at radius 3 is 2.54 bits per heavy atom. The predicted octanol–water partition coefficient (Wildman–Crippen LogP) is 0.769. The van der Waals surface area contributed by atoms with E-state index in [9.17, 15) is 13.2 Å². The number of hydrogen-bond acceptors (Lipinski definition) is 5. The lowest BCUT2D eigenvalue weighted by Gasteiger charge is -2.40. The molecule has 0 N–H and O–H groups in total. The summed E-state index contributed by atoms with van der Waals surface area (Å²) >= 11 is 0. The van der Waals surface area contributed by atoms with Crippen LogP contribution in [0.4, 0.5) is 5.69 Å². The maximum atomic E-state index is 13.0. The minimum absolute atomic E-state index is 0.143. The number of para-hydroxylation sites is 1. The van der Waals surface area contributed by atoms with Gasteiger partial charge in [-0.1, -0.05) is 18.2 Å². The van der Waals surface area contributed by atoms with Gasteiger partial charge in [0.1, 0.15) is 0 Å². The fourth-order valence-corrected chi connectivity index (χ4v) is 6.26. The van der Waals surface area contributed by atoms with Gasteiger partial charge in [0.2, 0.25) is 5.91 Å². The molecule has 6 nitrogen and oxygen atoms in total. The van der Waals surface area contributed by atoms with Crippen molar-refractivity contribution in [1.29, 1.82) is 0 Å². The van der Waals surface area contributed by atoms with E-state index < -0.39 is 9.84 Å². The quantitative estimate of drug-likeness (QED) is 0.779. The summed E-state index contributed by atoms with van der Waals surface area (Å²) in [4.78, 5) is 19.5. The smallest absolute Gasteiger partial charge is 0.244 e. The van der Waals surface area contributed by atoms with Crippen LogP contribution in [0.25, 0.3) is 0 Å². The first kappa shape index (κ1) is 17.9. The molecule has 2 atom stereocenters. The lowest BCUT2D eigenvalue weighted by atomic mass is 10.1. The number of amides is 1. The average molecular weight is 378 g/mol. The molecule has 4 rings (SSSR count). The fraction of sp³-hybridized carbons (Fsp3) is 0.632. The number of nitrogens with zero attached hydrogens (tertiary/aromatic N) is 3. The molecule has 0 aromatic heterocycles. The molecule has 0 saturated carbocycles. The van der Waals surface area contributed by atoms with E-state index in [-0.39, 0.29) is 18.0 Å². The number of sulfone groups is 1. The number of carbonyl (C=O) groups is 1. The van der Waals surface area contributed by atoms with Crippen molar-refractivity contribution in [3.63, 3.8) is 0 Å². The number of benzene rings is 1. The molecule has 0 spiro atoms. The molecule has 2 saturated heterocycles. The molecule has 1 aromatic rings. The molecular weight excluding hydrogens is 350 g/mol. The summed E-state index contributed by atoms with van der Waals surface area (Å²) in [6.07, 6.45) is 1.68. The number of anilines is 1. The lowest BCUT2D eigenvalue weighted by molar-refractivity contribution is -0.124. The van der Waals surface area contributed by atoms with E-state index in [4.69, 9.17) is 0 Å². The Morgan fingerprint density at radius 2 is 1.85 bits per heavy atom. The van der Waals surface area contributed by atoms with E-state index in [1.807, 2.05) is 30.0 Å². The molecule has 1 amide bonds. The molecule has 1 aromatic carbocycles. The van der Waals surface area contributed by atoms with Crippen LogP contribution in [0, 0.1) is 0 Å². The minimum atomic E-state index is -2.84. The fourth-order valence-electron chi connectivity index (χ4n) is 4.50. The van der Waals surface area contributed by atoms with Crippen molar-refractivity contribution in [2.45, 2.75) is 31.8 Å². The zero-order valence-corrected chi connectivity index (χ0v) is 16.1.